The van der Waals surface area contributed by atoms with E-state index in [1.54, 1.807) is 36.4 Å². The molecule has 1 fully saturated rings. The van der Waals surface area contributed by atoms with Crippen molar-refractivity contribution in [2.24, 2.45) is 4.99 Å². The van der Waals surface area contributed by atoms with Gasteiger partial charge in [-0.1, -0.05) is 6.58 Å². The Hall–Kier alpha value is -2.34. The lowest BCUT2D eigenvalue weighted by Gasteiger charge is -2.17. The molecule has 3 rings (SSSR count). The van der Waals surface area contributed by atoms with Crippen molar-refractivity contribution in [2.75, 3.05) is 7.05 Å². The van der Waals surface area contributed by atoms with E-state index < -0.39 is 0 Å². The SMILES string of the molecule is C=c1oc(C)c(C(=O)N(C)Cc2ccsc2)/c1=C(/N=C\C)NC1(C)CC1. The van der Waals surface area contributed by atoms with Crippen LogP contribution >= 0.6 is 11.3 Å². The van der Waals surface area contributed by atoms with Gasteiger partial charge < -0.3 is 14.6 Å². The molecule has 0 unspecified atom stereocenters. The first-order chi connectivity index (χ1) is 12.3. The van der Waals surface area contributed by atoms with Gasteiger partial charge in [0, 0.05) is 25.3 Å². The Kier molecular flexibility index (Phi) is 5.05. The van der Waals surface area contributed by atoms with Crippen LogP contribution in [0.25, 0.3) is 12.4 Å². The summed E-state index contributed by atoms with van der Waals surface area (Å²) in [6.07, 6.45) is 3.89. The van der Waals surface area contributed by atoms with E-state index in [2.05, 4.69) is 23.8 Å². The van der Waals surface area contributed by atoms with Gasteiger partial charge in [-0.25, -0.2) is 4.99 Å². The van der Waals surface area contributed by atoms with E-state index in [1.165, 1.54) is 0 Å². The Morgan fingerprint density at radius 2 is 2.27 bits per heavy atom. The summed E-state index contributed by atoms with van der Waals surface area (Å²) in [7, 11) is 1.80. The number of thiophene rings is 1. The molecule has 0 aliphatic heterocycles. The first-order valence-electron chi connectivity index (χ1n) is 8.70. The summed E-state index contributed by atoms with van der Waals surface area (Å²) in [5.74, 6) is 1.13. The van der Waals surface area contributed by atoms with Crippen molar-refractivity contribution < 1.29 is 9.21 Å². The first-order valence-corrected chi connectivity index (χ1v) is 9.65. The quantitative estimate of drug-likeness (QED) is 0.794. The van der Waals surface area contributed by atoms with E-state index in [4.69, 9.17) is 4.42 Å². The highest BCUT2D eigenvalue weighted by Crippen LogP contribution is 2.35. The third kappa shape index (κ3) is 3.75. The topological polar surface area (TPSA) is 57.8 Å². The Bertz CT molecular complexity index is 937. The molecule has 2 aromatic rings. The second-order valence-corrected chi connectivity index (χ2v) is 7.83. The highest BCUT2D eigenvalue weighted by molar-refractivity contribution is 7.07. The second-order valence-electron chi connectivity index (χ2n) is 7.05. The summed E-state index contributed by atoms with van der Waals surface area (Å²) in [6.45, 7) is 10.4. The minimum atomic E-state index is -0.0890. The molecule has 0 bridgehead atoms. The van der Waals surface area contributed by atoms with Gasteiger partial charge in [0.05, 0.1) is 10.8 Å². The van der Waals surface area contributed by atoms with Crippen LogP contribution < -0.4 is 16.0 Å². The number of rotatable bonds is 6. The summed E-state index contributed by atoms with van der Waals surface area (Å²) >= 11 is 1.62. The van der Waals surface area contributed by atoms with E-state index in [9.17, 15) is 4.79 Å². The molecule has 5 nitrogen and oxygen atoms in total. The molecule has 1 N–H and O–H groups in total. The standard InChI is InChI=1S/C20H25N3O2S/c1-6-21-18(22-20(4)8-9-20)16-13(2)25-14(3)17(16)19(24)23(5)11-15-7-10-26-12-15/h6-7,10,12,22H,2,8-9,11H2,1,3-5H3/b18-16-,21-6-. The average molecular weight is 372 g/mol. The lowest BCUT2D eigenvalue weighted by atomic mass is 10.1. The van der Waals surface area contributed by atoms with Crippen molar-refractivity contribution in [1.29, 1.82) is 0 Å². The molecular formula is C20H25N3O2S. The molecular weight excluding hydrogens is 346 g/mol. The molecule has 0 spiro atoms. The lowest BCUT2D eigenvalue weighted by Crippen LogP contribution is -2.39. The average Bonchev–Trinajstić information content (AvgIpc) is 2.97. The third-order valence-electron chi connectivity index (χ3n) is 4.63. The van der Waals surface area contributed by atoms with Crippen molar-refractivity contribution >= 4 is 35.9 Å². The largest absolute Gasteiger partial charge is 0.461 e. The molecule has 1 aliphatic carbocycles. The maximum absolute atomic E-state index is 13.2. The summed E-state index contributed by atoms with van der Waals surface area (Å²) in [5, 5.41) is 8.19. The van der Waals surface area contributed by atoms with Gasteiger partial charge in [0.25, 0.3) is 5.91 Å². The van der Waals surface area contributed by atoms with Crippen LogP contribution in [0.15, 0.2) is 26.2 Å². The fourth-order valence-corrected chi connectivity index (χ4v) is 3.58. The van der Waals surface area contributed by atoms with Gasteiger partial charge in [-0.15, -0.1) is 0 Å². The van der Waals surface area contributed by atoms with Gasteiger partial charge >= 0.3 is 0 Å². The maximum Gasteiger partial charge on any atom is 0.258 e. The number of amides is 1. The fraction of sp³-hybridized carbons (Fsp3) is 0.400. The second kappa shape index (κ2) is 7.11. The van der Waals surface area contributed by atoms with Crippen LogP contribution in [-0.4, -0.2) is 29.6 Å². The van der Waals surface area contributed by atoms with E-state index in [0.717, 1.165) is 18.4 Å². The highest BCUT2D eigenvalue weighted by atomic mass is 32.1. The van der Waals surface area contributed by atoms with Crippen molar-refractivity contribution in [2.45, 2.75) is 45.7 Å². The smallest absolute Gasteiger partial charge is 0.258 e. The Labute approximate surface area is 157 Å². The lowest BCUT2D eigenvalue weighted by molar-refractivity contribution is 0.0782. The zero-order valence-corrected chi connectivity index (χ0v) is 16.6. The van der Waals surface area contributed by atoms with Crippen LogP contribution in [0, 0.1) is 6.92 Å². The summed E-state index contributed by atoms with van der Waals surface area (Å²) in [4.78, 5) is 19.4. The number of hydrogen-bond donors (Lipinski definition) is 1. The number of hydrogen-bond acceptors (Lipinski definition) is 5. The molecule has 1 aliphatic rings. The fourth-order valence-electron chi connectivity index (χ4n) is 2.92. The Balaban J connectivity index is 2.05. The van der Waals surface area contributed by atoms with E-state index in [1.807, 2.05) is 23.8 Å². The van der Waals surface area contributed by atoms with Crippen molar-refractivity contribution in [3.63, 3.8) is 0 Å². The molecule has 2 heterocycles. The predicted molar refractivity (Wildman–Crippen MR) is 107 cm³/mol. The van der Waals surface area contributed by atoms with Crippen LogP contribution in [0.1, 0.15) is 48.4 Å². The minimum absolute atomic E-state index is 0.0301. The van der Waals surface area contributed by atoms with Gasteiger partial charge in [-0.2, -0.15) is 11.3 Å². The number of aliphatic imine (C=N–C) groups is 1. The van der Waals surface area contributed by atoms with Crippen LogP contribution in [0.4, 0.5) is 0 Å². The first kappa shape index (κ1) is 18.5. The zero-order valence-electron chi connectivity index (χ0n) is 15.8. The van der Waals surface area contributed by atoms with Crippen molar-refractivity contribution in [3.05, 3.63) is 44.3 Å². The highest BCUT2D eigenvalue weighted by Gasteiger charge is 2.38. The number of carbonyl (C=O) groups excluding carboxylic acids is 1. The molecule has 138 valence electrons. The predicted octanol–water partition coefficient (Wildman–Crippen LogP) is 2.63. The Morgan fingerprint density at radius 3 is 2.85 bits per heavy atom. The maximum atomic E-state index is 13.2. The van der Waals surface area contributed by atoms with Crippen LogP contribution in [0.3, 0.4) is 0 Å². The van der Waals surface area contributed by atoms with Crippen LogP contribution in [0.5, 0.6) is 0 Å². The number of furan rings is 1. The summed E-state index contributed by atoms with van der Waals surface area (Å²) in [6, 6.07) is 2.03. The molecule has 26 heavy (non-hydrogen) atoms. The molecule has 1 saturated carbocycles. The van der Waals surface area contributed by atoms with Gasteiger partial charge in [-0.3, -0.25) is 4.79 Å². The zero-order chi connectivity index (χ0) is 18.9. The van der Waals surface area contributed by atoms with Gasteiger partial charge in [0.2, 0.25) is 0 Å². The number of nitrogens with zero attached hydrogens (tertiary/aromatic N) is 2. The molecule has 0 radical (unpaired) electrons. The third-order valence-corrected chi connectivity index (χ3v) is 5.36. The molecule has 6 heteroatoms. The number of carbonyl (C=O) groups is 1. The van der Waals surface area contributed by atoms with Crippen molar-refractivity contribution in [3.8, 4) is 0 Å². The Morgan fingerprint density at radius 1 is 1.54 bits per heavy atom. The molecule has 1 amide bonds. The molecule has 0 atom stereocenters. The van der Waals surface area contributed by atoms with E-state index in [0.29, 0.717) is 34.3 Å². The van der Waals surface area contributed by atoms with Gasteiger partial charge in [0.15, 0.2) is 0 Å². The molecule has 0 saturated heterocycles. The van der Waals surface area contributed by atoms with Crippen LogP contribution in [0.2, 0.25) is 0 Å². The summed E-state index contributed by atoms with van der Waals surface area (Å²) in [5.41, 5.74) is 2.14. The van der Waals surface area contributed by atoms with Gasteiger partial charge in [-0.05, 0) is 56.0 Å². The normalized spacial score (nSPS) is 16.6. The minimum Gasteiger partial charge on any atom is -0.461 e. The van der Waals surface area contributed by atoms with E-state index in [-0.39, 0.29) is 11.4 Å². The monoisotopic (exact) mass is 371 g/mol. The summed E-state index contributed by atoms with van der Waals surface area (Å²) < 4.78 is 5.72. The van der Waals surface area contributed by atoms with E-state index >= 15 is 0 Å². The number of aryl methyl sites for hydroxylation is 1. The molecule has 0 aromatic carbocycles. The van der Waals surface area contributed by atoms with Crippen LogP contribution in [-0.2, 0) is 6.54 Å². The molecule has 2 aromatic heterocycles. The number of nitrogens with one attached hydrogen (secondary N) is 1. The van der Waals surface area contributed by atoms with Gasteiger partial charge in [0.1, 0.15) is 17.0 Å². The van der Waals surface area contributed by atoms with Crippen molar-refractivity contribution in [1.82, 2.24) is 10.2 Å².